The number of rotatable bonds is 8. The van der Waals surface area contributed by atoms with Gasteiger partial charge in [-0.2, -0.15) is 0 Å². The molecule has 0 unspecified atom stereocenters. The van der Waals surface area contributed by atoms with Crippen molar-refractivity contribution in [2.45, 2.75) is 13.5 Å². The molecule has 1 amide bonds. The molecule has 0 spiro atoms. The molecule has 2 rings (SSSR count). The molecule has 0 aromatic heterocycles. The predicted octanol–water partition coefficient (Wildman–Crippen LogP) is 2.14. The van der Waals surface area contributed by atoms with Crippen LogP contribution >= 0.6 is 0 Å². The fourth-order valence-corrected chi connectivity index (χ4v) is 2.41. The predicted molar refractivity (Wildman–Crippen MR) is 93.3 cm³/mol. The van der Waals surface area contributed by atoms with Gasteiger partial charge in [0.2, 0.25) is 15.9 Å². The van der Waals surface area contributed by atoms with Crippen LogP contribution in [0.4, 0.5) is 5.69 Å². The number of carbonyl (C=O) groups is 1. The second-order valence-corrected chi connectivity index (χ2v) is 7.17. The van der Waals surface area contributed by atoms with Gasteiger partial charge in [-0.15, -0.1) is 0 Å². The van der Waals surface area contributed by atoms with Gasteiger partial charge in [-0.3, -0.25) is 4.79 Å². The number of anilines is 1. The van der Waals surface area contributed by atoms with Crippen molar-refractivity contribution in [3.05, 3.63) is 60.2 Å². The van der Waals surface area contributed by atoms with Gasteiger partial charge in [0, 0.05) is 5.69 Å². The fourth-order valence-electron chi connectivity index (χ4n) is 1.86. The zero-order valence-corrected chi connectivity index (χ0v) is 14.2. The number of benzene rings is 2. The first kappa shape index (κ1) is 18.0. The fraction of sp³-hybridized carbons (Fsp3) is 0.235. The van der Waals surface area contributed by atoms with E-state index in [4.69, 9.17) is 4.74 Å². The Kier molecular flexibility index (Phi) is 6.34. The second kappa shape index (κ2) is 8.47. The van der Waals surface area contributed by atoms with Crippen molar-refractivity contribution in [2.24, 2.45) is 0 Å². The Labute approximate surface area is 141 Å². The number of ether oxygens (including phenoxy) is 1. The largest absolute Gasteiger partial charge is 0.489 e. The van der Waals surface area contributed by atoms with Crippen LogP contribution in [0.2, 0.25) is 0 Å². The summed E-state index contributed by atoms with van der Waals surface area (Å²) in [5, 5.41) is 2.62. The SMILES string of the molecule is CCS(=O)(=O)NCC(=O)Nc1ccc(OCc2ccccc2)cc1. The quantitative estimate of drug-likeness (QED) is 0.765. The van der Waals surface area contributed by atoms with E-state index in [1.54, 1.807) is 24.3 Å². The van der Waals surface area contributed by atoms with Crippen molar-refractivity contribution >= 4 is 21.6 Å². The summed E-state index contributed by atoms with van der Waals surface area (Å²) in [4.78, 5) is 11.7. The molecule has 0 heterocycles. The third-order valence-corrected chi connectivity index (χ3v) is 4.56. The van der Waals surface area contributed by atoms with Gasteiger partial charge >= 0.3 is 0 Å². The summed E-state index contributed by atoms with van der Waals surface area (Å²) in [5.41, 5.74) is 1.64. The summed E-state index contributed by atoms with van der Waals surface area (Å²) in [6, 6.07) is 16.7. The summed E-state index contributed by atoms with van der Waals surface area (Å²) >= 11 is 0. The van der Waals surface area contributed by atoms with E-state index in [-0.39, 0.29) is 12.3 Å². The molecule has 0 aliphatic carbocycles. The van der Waals surface area contributed by atoms with E-state index < -0.39 is 15.9 Å². The van der Waals surface area contributed by atoms with Crippen LogP contribution < -0.4 is 14.8 Å². The second-order valence-electron chi connectivity index (χ2n) is 5.07. The number of hydrogen-bond donors (Lipinski definition) is 2. The summed E-state index contributed by atoms with van der Waals surface area (Å²) < 4.78 is 30.4. The molecule has 7 heteroatoms. The number of amides is 1. The zero-order chi connectivity index (χ0) is 17.4. The first-order chi connectivity index (χ1) is 11.5. The summed E-state index contributed by atoms with van der Waals surface area (Å²) in [6.07, 6.45) is 0. The van der Waals surface area contributed by atoms with Crippen molar-refractivity contribution in [2.75, 3.05) is 17.6 Å². The third kappa shape index (κ3) is 6.02. The van der Waals surface area contributed by atoms with Crippen LogP contribution in [-0.2, 0) is 21.4 Å². The average molecular weight is 348 g/mol. The van der Waals surface area contributed by atoms with Gasteiger partial charge < -0.3 is 10.1 Å². The Morgan fingerprint density at radius 3 is 2.33 bits per heavy atom. The first-order valence-corrected chi connectivity index (χ1v) is 9.18. The van der Waals surface area contributed by atoms with Crippen LogP contribution in [0, 0.1) is 0 Å². The van der Waals surface area contributed by atoms with Gasteiger partial charge in [-0.25, -0.2) is 13.1 Å². The van der Waals surface area contributed by atoms with Crippen molar-refractivity contribution < 1.29 is 17.9 Å². The molecule has 128 valence electrons. The van der Waals surface area contributed by atoms with Gasteiger partial charge in [-0.05, 0) is 36.8 Å². The molecule has 0 fully saturated rings. The van der Waals surface area contributed by atoms with E-state index in [0.29, 0.717) is 18.0 Å². The molecule has 6 nitrogen and oxygen atoms in total. The maximum Gasteiger partial charge on any atom is 0.239 e. The summed E-state index contributed by atoms with van der Waals surface area (Å²) in [5.74, 6) is 0.196. The number of hydrogen-bond acceptors (Lipinski definition) is 4. The highest BCUT2D eigenvalue weighted by molar-refractivity contribution is 7.89. The van der Waals surface area contributed by atoms with E-state index >= 15 is 0 Å². The molecule has 2 N–H and O–H groups in total. The lowest BCUT2D eigenvalue weighted by atomic mass is 10.2. The van der Waals surface area contributed by atoms with E-state index in [1.807, 2.05) is 30.3 Å². The van der Waals surface area contributed by atoms with Gasteiger partial charge in [0.25, 0.3) is 0 Å². The van der Waals surface area contributed by atoms with Crippen LogP contribution in [-0.4, -0.2) is 26.6 Å². The Bertz CT molecular complexity index is 759. The van der Waals surface area contributed by atoms with E-state index in [2.05, 4.69) is 10.0 Å². The topological polar surface area (TPSA) is 84.5 Å². The van der Waals surface area contributed by atoms with Crippen LogP contribution in [0.1, 0.15) is 12.5 Å². The molecule has 0 radical (unpaired) electrons. The molecule has 0 bridgehead atoms. The molecule has 0 saturated heterocycles. The highest BCUT2D eigenvalue weighted by Gasteiger charge is 2.09. The third-order valence-electron chi connectivity index (χ3n) is 3.22. The minimum Gasteiger partial charge on any atom is -0.489 e. The Morgan fingerprint density at radius 1 is 1.04 bits per heavy atom. The van der Waals surface area contributed by atoms with E-state index in [1.165, 1.54) is 6.92 Å². The molecule has 24 heavy (non-hydrogen) atoms. The molecule has 2 aromatic rings. The lowest BCUT2D eigenvalue weighted by Gasteiger charge is -2.09. The van der Waals surface area contributed by atoms with E-state index in [0.717, 1.165) is 5.56 Å². The maximum absolute atomic E-state index is 11.7. The van der Waals surface area contributed by atoms with Gasteiger partial charge in [0.05, 0.1) is 12.3 Å². The van der Waals surface area contributed by atoms with Crippen LogP contribution in [0.15, 0.2) is 54.6 Å². The van der Waals surface area contributed by atoms with Crippen molar-refractivity contribution in [1.82, 2.24) is 4.72 Å². The number of nitrogens with one attached hydrogen (secondary N) is 2. The van der Waals surface area contributed by atoms with Crippen LogP contribution in [0.3, 0.4) is 0 Å². The average Bonchev–Trinajstić information content (AvgIpc) is 2.60. The van der Waals surface area contributed by atoms with Crippen LogP contribution in [0.5, 0.6) is 5.75 Å². The molecular formula is C17H20N2O4S. The van der Waals surface area contributed by atoms with Crippen molar-refractivity contribution in [3.63, 3.8) is 0 Å². The monoisotopic (exact) mass is 348 g/mol. The Morgan fingerprint density at radius 2 is 1.71 bits per heavy atom. The molecular weight excluding hydrogens is 328 g/mol. The summed E-state index contributed by atoms with van der Waals surface area (Å²) in [6.45, 7) is 1.68. The van der Waals surface area contributed by atoms with Crippen molar-refractivity contribution in [3.8, 4) is 5.75 Å². The Hall–Kier alpha value is -2.38. The first-order valence-electron chi connectivity index (χ1n) is 7.52. The Balaban J connectivity index is 1.82. The standard InChI is InChI=1S/C17H20N2O4S/c1-2-24(21,22)18-12-17(20)19-15-8-10-16(11-9-15)23-13-14-6-4-3-5-7-14/h3-11,18H,2,12-13H2,1H3,(H,19,20). The van der Waals surface area contributed by atoms with Gasteiger partial charge in [0.15, 0.2) is 0 Å². The zero-order valence-electron chi connectivity index (χ0n) is 13.4. The van der Waals surface area contributed by atoms with E-state index in [9.17, 15) is 13.2 Å². The maximum atomic E-state index is 11.7. The highest BCUT2D eigenvalue weighted by Crippen LogP contribution is 2.17. The number of carbonyl (C=O) groups excluding carboxylic acids is 1. The molecule has 0 atom stereocenters. The van der Waals surface area contributed by atoms with Crippen LogP contribution in [0.25, 0.3) is 0 Å². The minimum absolute atomic E-state index is 0.0618. The number of sulfonamides is 1. The lowest BCUT2D eigenvalue weighted by molar-refractivity contribution is -0.115. The molecule has 0 aliphatic rings. The highest BCUT2D eigenvalue weighted by atomic mass is 32.2. The molecule has 0 saturated carbocycles. The molecule has 0 aliphatic heterocycles. The van der Waals surface area contributed by atoms with Crippen molar-refractivity contribution in [1.29, 1.82) is 0 Å². The lowest BCUT2D eigenvalue weighted by Crippen LogP contribution is -2.33. The normalized spacial score (nSPS) is 11.0. The van der Waals surface area contributed by atoms with Gasteiger partial charge in [-0.1, -0.05) is 30.3 Å². The van der Waals surface area contributed by atoms with Gasteiger partial charge in [0.1, 0.15) is 12.4 Å². The minimum atomic E-state index is -3.38. The molecule has 2 aromatic carbocycles. The summed E-state index contributed by atoms with van der Waals surface area (Å²) in [7, 11) is -3.38. The smallest absolute Gasteiger partial charge is 0.239 e.